The number of allylic oxidation sites excluding steroid dienone is 3. The SMILES string of the molecule is C=Cc1nc(/C(C)=N/NC)ccc1/C=C\C=C/C. The molecular formula is C15H19N3. The summed E-state index contributed by atoms with van der Waals surface area (Å²) in [4.78, 5) is 4.52. The number of nitrogens with zero attached hydrogens (tertiary/aromatic N) is 2. The van der Waals surface area contributed by atoms with Gasteiger partial charge in [-0.25, -0.2) is 4.98 Å². The molecule has 0 aliphatic heterocycles. The third kappa shape index (κ3) is 3.70. The average Bonchev–Trinajstić information content (AvgIpc) is 2.39. The highest BCUT2D eigenvalue weighted by molar-refractivity contribution is 5.97. The minimum Gasteiger partial charge on any atom is -0.313 e. The summed E-state index contributed by atoms with van der Waals surface area (Å²) in [6.45, 7) is 7.70. The molecule has 0 atom stereocenters. The first kappa shape index (κ1) is 13.9. The van der Waals surface area contributed by atoms with Crippen LogP contribution in [0.15, 0.2) is 42.0 Å². The summed E-state index contributed by atoms with van der Waals surface area (Å²) in [7, 11) is 1.77. The summed E-state index contributed by atoms with van der Waals surface area (Å²) in [5.41, 5.74) is 6.37. The van der Waals surface area contributed by atoms with Crippen molar-refractivity contribution < 1.29 is 0 Å². The molecule has 0 saturated carbocycles. The predicted octanol–water partition coefficient (Wildman–Crippen LogP) is 3.26. The van der Waals surface area contributed by atoms with Gasteiger partial charge >= 0.3 is 0 Å². The lowest BCUT2D eigenvalue weighted by Crippen LogP contribution is -2.06. The van der Waals surface area contributed by atoms with Crippen LogP contribution in [0.4, 0.5) is 0 Å². The van der Waals surface area contributed by atoms with Crippen LogP contribution in [0.25, 0.3) is 12.2 Å². The number of hydrazone groups is 1. The lowest BCUT2D eigenvalue weighted by atomic mass is 10.1. The van der Waals surface area contributed by atoms with Crippen LogP contribution < -0.4 is 5.43 Å². The van der Waals surface area contributed by atoms with Crippen LogP contribution in [0.1, 0.15) is 30.8 Å². The Bertz CT molecular complexity index is 496. The number of nitrogens with one attached hydrogen (secondary N) is 1. The van der Waals surface area contributed by atoms with E-state index < -0.39 is 0 Å². The molecule has 1 heterocycles. The van der Waals surface area contributed by atoms with Gasteiger partial charge in [0.2, 0.25) is 0 Å². The maximum Gasteiger partial charge on any atom is 0.0867 e. The second kappa shape index (κ2) is 7.22. The minimum atomic E-state index is 0.849. The molecule has 0 spiro atoms. The third-order valence-corrected chi connectivity index (χ3v) is 2.38. The first-order chi connectivity index (χ1) is 8.72. The molecule has 1 aromatic rings. The van der Waals surface area contributed by atoms with Gasteiger partial charge in [0, 0.05) is 12.6 Å². The molecule has 1 N–H and O–H groups in total. The molecule has 0 aliphatic carbocycles. The molecule has 0 unspecified atom stereocenters. The van der Waals surface area contributed by atoms with Gasteiger partial charge in [-0.3, -0.25) is 0 Å². The Hall–Kier alpha value is -2.16. The number of aromatic nitrogens is 1. The fourth-order valence-corrected chi connectivity index (χ4v) is 1.49. The van der Waals surface area contributed by atoms with Gasteiger partial charge in [0.1, 0.15) is 0 Å². The van der Waals surface area contributed by atoms with Gasteiger partial charge in [0.15, 0.2) is 0 Å². The zero-order chi connectivity index (χ0) is 13.4. The average molecular weight is 241 g/mol. The quantitative estimate of drug-likeness (QED) is 0.488. The summed E-state index contributed by atoms with van der Waals surface area (Å²) in [6, 6.07) is 3.98. The maximum absolute atomic E-state index is 4.52. The Balaban J connectivity index is 3.11. The number of hydrogen-bond donors (Lipinski definition) is 1. The van der Waals surface area contributed by atoms with Gasteiger partial charge in [0.25, 0.3) is 0 Å². The predicted molar refractivity (Wildman–Crippen MR) is 79.4 cm³/mol. The summed E-state index contributed by atoms with van der Waals surface area (Å²) in [6.07, 6.45) is 9.71. The Morgan fingerprint density at radius 1 is 1.39 bits per heavy atom. The Labute approximate surface area is 109 Å². The molecule has 3 nitrogen and oxygen atoms in total. The van der Waals surface area contributed by atoms with Crippen molar-refractivity contribution in [2.75, 3.05) is 7.05 Å². The van der Waals surface area contributed by atoms with Crippen molar-refractivity contribution in [2.24, 2.45) is 5.10 Å². The molecule has 0 bridgehead atoms. The van der Waals surface area contributed by atoms with Crippen LogP contribution in [0.3, 0.4) is 0 Å². The van der Waals surface area contributed by atoms with Crippen molar-refractivity contribution in [1.29, 1.82) is 0 Å². The van der Waals surface area contributed by atoms with Crippen LogP contribution in [0, 0.1) is 0 Å². The first-order valence-electron chi connectivity index (χ1n) is 5.87. The molecule has 0 aliphatic rings. The lowest BCUT2D eigenvalue weighted by molar-refractivity contribution is 0.897. The summed E-state index contributed by atoms with van der Waals surface area (Å²) in [5, 5.41) is 4.12. The van der Waals surface area contributed by atoms with E-state index in [2.05, 4.69) is 22.1 Å². The number of pyridine rings is 1. The van der Waals surface area contributed by atoms with Gasteiger partial charge in [-0.1, -0.05) is 36.9 Å². The van der Waals surface area contributed by atoms with E-state index in [0.29, 0.717) is 0 Å². The molecule has 0 saturated heterocycles. The molecule has 0 radical (unpaired) electrons. The smallest absolute Gasteiger partial charge is 0.0867 e. The maximum atomic E-state index is 4.52. The highest BCUT2D eigenvalue weighted by Crippen LogP contribution is 2.12. The largest absolute Gasteiger partial charge is 0.313 e. The van der Waals surface area contributed by atoms with Crippen molar-refractivity contribution >= 4 is 17.9 Å². The third-order valence-electron chi connectivity index (χ3n) is 2.38. The van der Waals surface area contributed by atoms with Crippen LogP contribution >= 0.6 is 0 Å². The van der Waals surface area contributed by atoms with Crippen LogP contribution in [0.2, 0.25) is 0 Å². The van der Waals surface area contributed by atoms with E-state index in [1.165, 1.54) is 0 Å². The van der Waals surface area contributed by atoms with Gasteiger partial charge in [-0.2, -0.15) is 5.10 Å². The summed E-state index contributed by atoms with van der Waals surface area (Å²) < 4.78 is 0. The normalized spacial score (nSPS) is 12.3. The standard InChI is InChI=1S/C15H19N3/c1-5-7-8-9-13-10-11-15(12(3)18-16-4)17-14(13)6-2/h5-11,16H,2H2,1,3-4H3/b7-5-,9-8-,18-12+. The van der Waals surface area contributed by atoms with Crippen LogP contribution in [0.5, 0.6) is 0 Å². The van der Waals surface area contributed by atoms with E-state index in [1.807, 2.05) is 50.3 Å². The molecule has 94 valence electrons. The summed E-state index contributed by atoms with van der Waals surface area (Å²) in [5.74, 6) is 0. The van der Waals surface area contributed by atoms with Crippen LogP contribution in [-0.4, -0.2) is 17.7 Å². The van der Waals surface area contributed by atoms with Crippen molar-refractivity contribution in [2.45, 2.75) is 13.8 Å². The minimum absolute atomic E-state index is 0.849. The van der Waals surface area contributed by atoms with E-state index in [0.717, 1.165) is 22.7 Å². The van der Waals surface area contributed by atoms with Crippen molar-refractivity contribution in [1.82, 2.24) is 10.4 Å². The van der Waals surface area contributed by atoms with Crippen molar-refractivity contribution in [3.63, 3.8) is 0 Å². The highest BCUT2D eigenvalue weighted by atomic mass is 15.3. The Morgan fingerprint density at radius 3 is 2.78 bits per heavy atom. The summed E-state index contributed by atoms with van der Waals surface area (Å²) >= 11 is 0. The van der Waals surface area contributed by atoms with E-state index >= 15 is 0 Å². The molecule has 0 fully saturated rings. The van der Waals surface area contributed by atoms with E-state index in [9.17, 15) is 0 Å². The molecule has 3 heteroatoms. The second-order valence-corrected chi connectivity index (χ2v) is 3.68. The second-order valence-electron chi connectivity index (χ2n) is 3.68. The van der Waals surface area contributed by atoms with Crippen molar-refractivity contribution in [3.05, 3.63) is 53.9 Å². The zero-order valence-electron chi connectivity index (χ0n) is 11.1. The molecule has 0 amide bonds. The van der Waals surface area contributed by atoms with E-state index in [1.54, 1.807) is 13.1 Å². The number of rotatable bonds is 5. The number of hydrogen-bond acceptors (Lipinski definition) is 3. The Morgan fingerprint density at radius 2 is 2.17 bits per heavy atom. The van der Waals surface area contributed by atoms with Crippen molar-refractivity contribution in [3.8, 4) is 0 Å². The van der Waals surface area contributed by atoms with E-state index in [4.69, 9.17) is 0 Å². The lowest BCUT2D eigenvalue weighted by Gasteiger charge is -2.04. The monoisotopic (exact) mass is 241 g/mol. The van der Waals surface area contributed by atoms with Gasteiger partial charge in [-0.05, 0) is 26.0 Å². The zero-order valence-corrected chi connectivity index (χ0v) is 11.1. The Kier molecular flexibility index (Phi) is 5.58. The first-order valence-corrected chi connectivity index (χ1v) is 5.87. The fraction of sp³-hybridized carbons (Fsp3) is 0.200. The fourth-order valence-electron chi connectivity index (χ4n) is 1.49. The molecular weight excluding hydrogens is 222 g/mol. The van der Waals surface area contributed by atoms with Gasteiger partial charge in [-0.15, -0.1) is 0 Å². The van der Waals surface area contributed by atoms with Crippen LogP contribution in [-0.2, 0) is 0 Å². The highest BCUT2D eigenvalue weighted by Gasteiger charge is 2.03. The molecule has 1 aromatic heterocycles. The van der Waals surface area contributed by atoms with Gasteiger partial charge < -0.3 is 5.43 Å². The molecule has 0 aromatic carbocycles. The van der Waals surface area contributed by atoms with E-state index in [-0.39, 0.29) is 0 Å². The molecule has 18 heavy (non-hydrogen) atoms. The molecule has 1 rings (SSSR count). The topological polar surface area (TPSA) is 37.3 Å². The van der Waals surface area contributed by atoms with Gasteiger partial charge in [0.05, 0.1) is 17.1 Å².